The first-order chi connectivity index (χ1) is 0. The Bertz CT molecular complexity index is 7.61. The van der Waals surface area contributed by atoms with Gasteiger partial charge in [0.2, 0.25) is 0 Å². The van der Waals surface area contributed by atoms with Gasteiger partial charge >= 0.3 is 0 Å². The molecule has 0 rings (SSSR count). The van der Waals surface area contributed by atoms with Crippen molar-refractivity contribution in [2.75, 3.05) is 0 Å². The Labute approximate surface area is 79.7 Å². The van der Waals surface area contributed by atoms with Crippen molar-refractivity contribution >= 4 is 48.0 Å². The van der Waals surface area contributed by atoms with E-state index in [2.05, 4.69) is 0 Å². The maximum atomic E-state index is 0. The van der Waals surface area contributed by atoms with E-state index in [0.717, 1.165) is 0 Å². The molecule has 0 atom stereocenters. The third-order valence-corrected chi connectivity index (χ3v) is 0. The smallest absolute Gasteiger partial charge is 0 e. The minimum Gasteiger partial charge on any atom is -0.344 e. The van der Waals surface area contributed by atoms with Crippen molar-refractivity contribution in [1.29, 1.82) is 0 Å². The van der Waals surface area contributed by atoms with Crippen molar-refractivity contribution in [3.05, 3.63) is 0 Å². The van der Waals surface area contributed by atoms with Crippen molar-refractivity contribution < 1.29 is 20.4 Å². The molecule has 0 fully saturated rings. The fourth-order valence-electron chi connectivity index (χ4n) is 0. The molecule has 0 aromatic heterocycles. The summed E-state index contributed by atoms with van der Waals surface area (Å²) in [5.74, 6) is 0. The average Bonchev–Trinajstić information content (AvgIpc) is 0. The molecule has 0 saturated carbocycles. The van der Waals surface area contributed by atoms with E-state index in [1.54, 1.807) is 0 Å². The molecule has 2 nitrogen and oxygen atoms in total. The quantitative estimate of drug-likeness (QED) is 0.482. The van der Waals surface area contributed by atoms with Gasteiger partial charge in [0.25, 0.3) is 0 Å². The number of hydrogen-bond donors (Lipinski definition) is 2. The first-order valence-corrected chi connectivity index (χ1v) is 0. The zero-order valence-electron chi connectivity index (χ0n) is 2.55. The van der Waals surface area contributed by atoms with Crippen LogP contribution in [0.2, 0.25) is 0 Å². The van der Waals surface area contributed by atoms with E-state index < -0.39 is 0 Å². The maximum Gasteiger partial charge on any atom is 0 e. The number of halogens is 2. The molecule has 0 bridgehead atoms. The van der Waals surface area contributed by atoms with Crippen molar-refractivity contribution in [3.8, 4) is 0 Å². The van der Waals surface area contributed by atoms with Gasteiger partial charge in [-0.05, 0) is 0 Å². The minimum atomic E-state index is 0. The van der Waals surface area contributed by atoms with E-state index in [4.69, 9.17) is 0 Å². The molecule has 0 aliphatic heterocycles. The van der Waals surface area contributed by atoms with Gasteiger partial charge in [-0.15, -0.1) is 48.0 Å². The Kier molecular flexibility index (Phi) is 454. The first-order valence-electron chi connectivity index (χ1n) is 0. The molecule has 0 unspecified atom stereocenters. The van der Waals surface area contributed by atoms with E-state index in [-0.39, 0.29) is 80.7 Å². The largest absolute Gasteiger partial charge is 0.344 e. The van der Waals surface area contributed by atoms with Crippen LogP contribution in [0.4, 0.5) is 0 Å². The van der Waals surface area contributed by atoms with Crippen LogP contribution in [0.25, 0.3) is 0 Å². The molecular formula is H8I2N2Pd. The molecule has 6 N–H and O–H groups in total. The van der Waals surface area contributed by atoms with E-state index in [1.807, 2.05) is 0 Å². The third kappa shape index (κ3) is 23.7. The summed E-state index contributed by atoms with van der Waals surface area (Å²) < 4.78 is 0. The van der Waals surface area contributed by atoms with Crippen LogP contribution in [0.1, 0.15) is 0 Å². The second-order valence-electron chi connectivity index (χ2n) is 0. The first kappa shape index (κ1) is 61.6. The zero-order chi connectivity index (χ0) is 0. The van der Waals surface area contributed by atoms with Crippen molar-refractivity contribution in [2.45, 2.75) is 0 Å². The van der Waals surface area contributed by atoms with Gasteiger partial charge < -0.3 is 12.3 Å². The molecule has 0 amide bonds. The Morgan fingerprint density at radius 2 is 0.600 bits per heavy atom. The molecule has 0 heterocycles. The van der Waals surface area contributed by atoms with E-state index in [1.165, 1.54) is 0 Å². The Morgan fingerprint density at radius 3 is 0.600 bits per heavy atom. The number of rotatable bonds is 0. The topological polar surface area (TPSA) is 70.0 Å². The minimum absolute atomic E-state index is 0. The van der Waals surface area contributed by atoms with Crippen LogP contribution in [0.5, 0.6) is 0 Å². The van der Waals surface area contributed by atoms with Crippen molar-refractivity contribution in [2.24, 2.45) is 0 Å². The van der Waals surface area contributed by atoms with Gasteiger partial charge in [-0.3, -0.25) is 0 Å². The molecule has 0 aliphatic rings. The zero-order valence-corrected chi connectivity index (χ0v) is 8.76. The fourth-order valence-corrected chi connectivity index (χ4v) is 0. The summed E-state index contributed by atoms with van der Waals surface area (Å²) in [6, 6.07) is 0. The summed E-state index contributed by atoms with van der Waals surface area (Å²) in [5.41, 5.74) is 0. The summed E-state index contributed by atoms with van der Waals surface area (Å²) in [6.45, 7) is 0. The molecule has 0 aromatic rings. The summed E-state index contributed by atoms with van der Waals surface area (Å²) in [4.78, 5) is 0. The van der Waals surface area contributed by atoms with Gasteiger partial charge in [0.1, 0.15) is 0 Å². The van der Waals surface area contributed by atoms with Crippen LogP contribution in [-0.4, -0.2) is 0 Å². The summed E-state index contributed by atoms with van der Waals surface area (Å²) >= 11 is 0. The molecule has 0 spiro atoms. The van der Waals surface area contributed by atoms with Crippen molar-refractivity contribution in [3.63, 3.8) is 0 Å². The van der Waals surface area contributed by atoms with Gasteiger partial charge in [0, 0.05) is 20.4 Å². The van der Waals surface area contributed by atoms with Crippen LogP contribution < -0.4 is 12.3 Å². The predicted octanol–water partition coefficient (Wildman–Crippen LogP) is 1.56. The van der Waals surface area contributed by atoms with E-state index in [0.29, 0.717) is 0 Å². The van der Waals surface area contributed by atoms with E-state index in [9.17, 15) is 0 Å². The predicted molar refractivity (Wildman–Crippen MR) is 40.9 cm³/mol. The number of hydrogen-bond acceptors (Lipinski definition) is 2. The summed E-state index contributed by atoms with van der Waals surface area (Å²) in [7, 11) is 0. The monoisotopic (exact) mass is 396 g/mol. The fraction of sp³-hybridized carbons (Fsp3) is 0. The Balaban J connectivity index is 0. The van der Waals surface area contributed by atoms with Gasteiger partial charge in [0.15, 0.2) is 0 Å². The van der Waals surface area contributed by atoms with Crippen LogP contribution in [-0.2, 0) is 20.4 Å². The summed E-state index contributed by atoms with van der Waals surface area (Å²) in [5, 5.41) is 0. The average molecular weight is 396 g/mol. The Morgan fingerprint density at radius 1 is 0.600 bits per heavy atom. The molecule has 0 aliphatic carbocycles. The maximum absolute atomic E-state index is 0. The van der Waals surface area contributed by atoms with Crippen LogP contribution in [0.15, 0.2) is 0 Å². The van der Waals surface area contributed by atoms with Gasteiger partial charge in [-0.2, -0.15) is 0 Å². The second kappa shape index (κ2) is 36.8. The van der Waals surface area contributed by atoms with E-state index >= 15 is 0 Å². The van der Waals surface area contributed by atoms with Crippen molar-refractivity contribution in [1.82, 2.24) is 12.3 Å². The van der Waals surface area contributed by atoms with Crippen LogP contribution in [0, 0.1) is 0 Å². The van der Waals surface area contributed by atoms with Gasteiger partial charge in [0.05, 0.1) is 0 Å². The molecule has 42 valence electrons. The standard InChI is InChI=1S/2HI.2H3N.Pd/h2*1H;2*1H3;. The molecule has 0 saturated heterocycles. The van der Waals surface area contributed by atoms with Gasteiger partial charge in [-0.25, -0.2) is 0 Å². The second-order valence-corrected chi connectivity index (χ2v) is 0. The molecule has 0 aromatic carbocycles. The molecule has 5 heavy (non-hydrogen) atoms. The normalized spacial score (nSPS) is 0. The summed E-state index contributed by atoms with van der Waals surface area (Å²) in [6.07, 6.45) is 0. The van der Waals surface area contributed by atoms with Crippen LogP contribution >= 0.6 is 48.0 Å². The Hall–Kier alpha value is 2.04. The SMILES string of the molecule is I.I.N.N.[Pd]. The molecule has 0 radical (unpaired) electrons. The third-order valence-electron chi connectivity index (χ3n) is 0. The molecule has 5 heteroatoms. The van der Waals surface area contributed by atoms with Crippen LogP contribution in [0.3, 0.4) is 0 Å². The molecular weight excluding hydrogens is 388 g/mol. The van der Waals surface area contributed by atoms with Gasteiger partial charge in [-0.1, -0.05) is 0 Å².